The van der Waals surface area contributed by atoms with Crippen LogP contribution in [-0.2, 0) is 11.2 Å². The van der Waals surface area contributed by atoms with E-state index in [2.05, 4.69) is 12.2 Å². The van der Waals surface area contributed by atoms with Crippen LogP contribution in [0, 0.1) is 11.2 Å². The van der Waals surface area contributed by atoms with Gasteiger partial charge in [0, 0.05) is 18.6 Å². The molecule has 1 aliphatic heterocycles. The molecule has 0 bridgehead atoms. The van der Waals surface area contributed by atoms with Gasteiger partial charge < -0.3 is 10.1 Å². The smallest absolute Gasteiger partial charge is 0.141 e. The lowest BCUT2D eigenvalue weighted by atomic mass is 9.76. The van der Waals surface area contributed by atoms with E-state index in [-0.39, 0.29) is 22.4 Å². The summed E-state index contributed by atoms with van der Waals surface area (Å²) in [5, 5.41) is 3.43. The van der Waals surface area contributed by atoms with Gasteiger partial charge in [-0.2, -0.15) is 0 Å². The van der Waals surface area contributed by atoms with E-state index in [1.54, 1.807) is 6.07 Å². The molecule has 2 unspecified atom stereocenters. The number of benzene rings is 1. The van der Waals surface area contributed by atoms with Crippen LogP contribution in [0.15, 0.2) is 18.2 Å². The molecule has 0 aliphatic carbocycles. The first-order valence-corrected chi connectivity index (χ1v) is 6.65. The Hall–Kier alpha value is -0.640. The van der Waals surface area contributed by atoms with E-state index in [0.29, 0.717) is 0 Å². The first-order chi connectivity index (χ1) is 8.57. The van der Waals surface area contributed by atoms with E-state index >= 15 is 0 Å². The Labute approximate surface area is 112 Å². The minimum Gasteiger partial charge on any atom is -0.378 e. The Morgan fingerprint density at radius 2 is 2.33 bits per heavy atom. The molecule has 2 atom stereocenters. The zero-order valence-electron chi connectivity index (χ0n) is 10.8. The molecule has 1 aromatic carbocycles. The van der Waals surface area contributed by atoms with E-state index in [4.69, 9.17) is 16.3 Å². The normalized spacial score (nSPS) is 27.7. The van der Waals surface area contributed by atoms with E-state index in [0.717, 1.165) is 31.6 Å². The number of nitrogens with one attached hydrogen (secondary N) is 1. The maximum absolute atomic E-state index is 13.2. The molecule has 1 fully saturated rings. The van der Waals surface area contributed by atoms with Crippen LogP contribution in [0.3, 0.4) is 0 Å². The predicted molar refractivity (Wildman–Crippen MR) is 71.5 cm³/mol. The SMILES string of the molecule is CNCC1(Cc2ccc(F)c(Cl)c2)CCOC1C. The van der Waals surface area contributed by atoms with E-state index in [1.807, 2.05) is 13.1 Å². The summed E-state index contributed by atoms with van der Waals surface area (Å²) in [6, 6.07) is 4.97. The largest absolute Gasteiger partial charge is 0.378 e. The van der Waals surface area contributed by atoms with Crippen LogP contribution in [0.2, 0.25) is 5.02 Å². The van der Waals surface area contributed by atoms with Crippen molar-refractivity contribution in [3.63, 3.8) is 0 Å². The van der Waals surface area contributed by atoms with Crippen LogP contribution < -0.4 is 5.32 Å². The fraction of sp³-hybridized carbons (Fsp3) is 0.571. The molecule has 0 amide bonds. The van der Waals surface area contributed by atoms with Crippen molar-refractivity contribution in [2.75, 3.05) is 20.2 Å². The number of hydrogen-bond acceptors (Lipinski definition) is 2. The van der Waals surface area contributed by atoms with Crippen molar-refractivity contribution in [3.8, 4) is 0 Å². The minimum absolute atomic E-state index is 0.0793. The zero-order valence-corrected chi connectivity index (χ0v) is 11.6. The molecule has 0 spiro atoms. The average molecular weight is 272 g/mol. The molecule has 1 aliphatic rings. The predicted octanol–water partition coefficient (Wildman–Crippen LogP) is 3.04. The third-order valence-corrected chi connectivity index (χ3v) is 4.19. The van der Waals surface area contributed by atoms with Gasteiger partial charge in [0.05, 0.1) is 11.1 Å². The Morgan fingerprint density at radius 3 is 2.89 bits per heavy atom. The van der Waals surface area contributed by atoms with Crippen LogP contribution >= 0.6 is 11.6 Å². The molecule has 2 nitrogen and oxygen atoms in total. The van der Waals surface area contributed by atoms with Crippen molar-refractivity contribution in [1.29, 1.82) is 0 Å². The fourth-order valence-corrected chi connectivity index (χ4v) is 2.96. The molecule has 0 saturated carbocycles. The van der Waals surface area contributed by atoms with Crippen LogP contribution in [0.4, 0.5) is 4.39 Å². The van der Waals surface area contributed by atoms with Crippen LogP contribution in [-0.4, -0.2) is 26.3 Å². The molecule has 2 rings (SSSR count). The second-order valence-corrected chi connectivity index (χ2v) is 5.49. The molecule has 1 N–H and O–H groups in total. The topological polar surface area (TPSA) is 21.3 Å². The lowest BCUT2D eigenvalue weighted by Crippen LogP contribution is -2.40. The Bertz CT molecular complexity index is 426. The highest BCUT2D eigenvalue weighted by Crippen LogP contribution is 2.38. The van der Waals surface area contributed by atoms with Gasteiger partial charge in [0.2, 0.25) is 0 Å². The Morgan fingerprint density at radius 1 is 1.56 bits per heavy atom. The van der Waals surface area contributed by atoms with Gasteiger partial charge in [-0.3, -0.25) is 0 Å². The zero-order chi connectivity index (χ0) is 13.2. The molecule has 18 heavy (non-hydrogen) atoms. The first-order valence-electron chi connectivity index (χ1n) is 6.27. The highest BCUT2D eigenvalue weighted by atomic mass is 35.5. The van der Waals surface area contributed by atoms with E-state index < -0.39 is 0 Å². The summed E-state index contributed by atoms with van der Waals surface area (Å²) in [5.41, 5.74) is 1.14. The number of rotatable bonds is 4. The first kappa shape index (κ1) is 13.8. The Balaban J connectivity index is 2.21. The highest BCUT2D eigenvalue weighted by Gasteiger charge is 2.40. The maximum atomic E-state index is 13.2. The van der Waals surface area contributed by atoms with Crippen LogP contribution in [0.25, 0.3) is 0 Å². The van der Waals surface area contributed by atoms with Crippen molar-refractivity contribution >= 4 is 11.6 Å². The van der Waals surface area contributed by atoms with Crippen molar-refractivity contribution in [1.82, 2.24) is 5.32 Å². The van der Waals surface area contributed by atoms with Crippen molar-refractivity contribution in [2.45, 2.75) is 25.9 Å². The standard InChI is InChI=1S/C14H19ClFNO/c1-10-14(9-17-2,5-6-18-10)8-11-3-4-13(16)12(15)7-11/h3-4,7,10,17H,5-6,8-9H2,1-2H3. The molecular formula is C14H19ClFNO. The van der Waals surface area contributed by atoms with Crippen molar-refractivity contribution < 1.29 is 9.13 Å². The summed E-state index contributed by atoms with van der Waals surface area (Å²) in [6.07, 6.45) is 2.08. The molecule has 0 aromatic heterocycles. The van der Waals surface area contributed by atoms with E-state index in [1.165, 1.54) is 6.07 Å². The van der Waals surface area contributed by atoms with E-state index in [9.17, 15) is 4.39 Å². The summed E-state index contributed by atoms with van der Waals surface area (Å²) in [4.78, 5) is 0. The Kier molecular flexibility index (Phi) is 4.25. The molecule has 1 saturated heterocycles. The van der Waals surface area contributed by atoms with Gasteiger partial charge >= 0.3 is 0 Å². The lowest BCUT2D eigenvalue weighted by Gasteiger charge is -2.32. The van der Waals surface area contributed by atoms with Crippen molar-refractivity contribution in [3.05, 3.63) is 34.6 Å². The van der Waals surface area contributed by atoms with Gasteiger partial charge in [0.15, 0.2) is 0 Å². The summed E-state index contributed by atoms with van der Waals surface area (Å²) >= 11 is 5.84. The molecule has 1 heterocycles. The lowest BCUT2D eigenvalue weighted by molar-refractivity contribution is 0.0640. The third kappa shape index (κ3) is 2.68. The van der Waals surface area contributed by atoms with Gasteiger partial charge in [-0.05, 0) is 44.5 Å². The van der Waals surface area contributed by atoms with Gasteiger partial charge in [-0.15, -0.1) is 0 Å². The van der Waals surface area contributed by atoms with Gasteiger partial charge in [-0.1, -0.05) is 17.7 Å². The van der Waals surface area contributed by atoms with Crippen molar-refractivity contribution in [2.24, 2.45) is 5.41 Å². The average Bonchev–Trinajstić information content (AvgIpc) is 2.66. The number of hydrogen-bond donors (Lipinski definition) is 1. The third-order valence-electron chi connectivity index (χ3n) is 3.90. The molecular weight excluding hydrogens is 253 g/mol. The molecule has 100 valence electrons. The monoisotopic (exact) mass is 271 g/mol. The summed E-state index contributed by atoms with van der Waals surface area (Å²) in [6.45, 7) is 3.79. The van der Waals surface area contributed by atoms with Gasteiger partial charge in [0.25, 0.3) is 0 Å². The van der Waals surface area contributed by atoms with Crippen LogP contribution in [0.1, 0.15) is 18.9 Å². The molecule has 1 aromatic rings. The second-order valence-electron chi connectivity index (χ2n) is 5.08. The van der Waals surface area contributed by atoms with Gasteiger partial charge in [-0.25, -0.2) is 4.39 Å². The van der Waals surface area contributed by atoms with Gasteiger partial charge in [0.1, 0.15) is 5.82 Å². The number of ether oxygens (including phenoxy) is 1. The number of halogens is 2. The minimum atomic E-state index is -0.362. The quantitative estimate of drug-likeness (QED) is 0.909. The summed E-state index contributed by atoms with van der Waals surface area (Å²) in [5.74, 6) is -0.362. The molecule has 0 radical (unpaired) electrons. The van der Waals surface area contributed by atoms with Crippen LogP contribution in [0.5, 0.6) is 0 Å². The second kappa shape index (κ2) is 5.55. The summed E-state index contributed by atoms with van der Waals surface area (Å²) < 4.78 is 18.9. The fourth-order valence-electron chi connectivity index (χ4n) is 2.75. The summed E-state index contributed by atoms with van der Waals surface area (Å²) in [7, 11) is 1.95. The highest BCUT2D eigenvalue weighted by molar-refractivity contribution is 6.30. The molecule has 4 heteroatoms. The maximum Gasteiger partial charge on any atom is 0.141 e.